The molecular formula is C32H33FN4O6. The normalized spacial score (nSPS) is 13.3. The number of ether oxygens (including phenoxy) is 4. The lowest BCUT2D eigenvalue weighted by atomic mass is 9.99. The summed E-state index contributed by atoms with van der Waals surface area (Å²) >= 11 is 0. The summed E-state index contributed by atoms with van der Waals surface area (Å²) in [5, 5.41) is 8.90. The van der Waals surface area contributed by atoms with Crippen LogP contribution in [0.4, 0.5) is 10.1 Å². The lowest BCUT2D eigenvalue weighted by Crippen LogP contribution is -2.34. The van der Waals surface area contributed by atoms with Crippen molar-refractivity contribution in [2.24, 2.45) is 5.92 Å². The van der Waals surface area contributed by atoms with Crippen LogP contribution in [0, 0.1) is 11.7 Å². The molecule has 4 aromatic rings. The summed E-state index contributed by atoms with van der Waals surface area (Å²) in [7, 11) is 3.12. The number of methoxy groups -OCH3 is 2. The molecule has 11 heteroatoms. The van der Waals surface area contributed by atoms with E-state index in [-0.39, 0.29) is 18.0 Å². The lowest BCUT2D eigenvalue weighted by molar-refractivity contribution is -0.136. The Labute approximate surface area is 248 Å². The first-order valence-electron chi connectivity index (χ1n) is 13.9. The van der Waals surface area contributed by atoms with Crippen molar-refractivity contribution < 1.29 is 32.9 Å². The third-order valence-electron chi connectivity index (χ3n) is 7.15. The summed E-state index contributed by atoms with van der Waals surface area (Å²) < 4.78 is 37.7. The van der Waals surface area contributed by atoms with Crippen molar-refractivity contribution >= 4 is 28.4 Å². The second-order valence-corrected chi connectivity index (χ2v) is 10.1. The first kappa shape index (κ1) is 29.6. The molecule has 2 heterocycles. The molecule has 43 heavy (non-hydrogen) atoms. The third kappa shape index (κ3) is 7.49. The lowest BCUT2D eigenvalue weighted by Gasteiger charge is -2.23. The Morgan fingerprint density at radius 3 is 2.42 bits per heavy atom. The highest BCUT2D eigenvalue weighted by Gasteiger charge is 2.18. The molecule has 2 amide bonds. The number of piperidine rings is 1. The number of halogens is 1. The summed E-state index contributed by atoms with van der Waals surface area (Å²) in [4.78, 5) is 29.1. The average molecular weight is 589 g/mol. The summed E-state index contributed by atoms with van der Waals surface area (Å²) in [6.07, 6.45) is 3.67. The zero-order chi connectivity index (χ0) is 30.2. The Morgan fingerprint density at radius 2 is 1.70 bits per heavy atom. The molecule has 3 aromatic carbocycles. The molecule has 1 fully saturated rings. The fraction of sp³-hybridized carbons (Fsp3) is 0.281. The number of carbonyl (C=O) groups excluding carboxylic acids is 2. The first-order valence-corrected chi connectivity index (χ1v) is 13.9. The van der Waals surface area contributed by atoms with Crippen LogP contribution in [0.2, 0.25) is 0 Å². The van der Waals surface area contributed by atoms with Gasteiger partial charge in [-0.15, -0.1) is 0 Å². The van der Waals surface area contributed by atoms with Crippen molar-refractivity contribution in [1.29, 1.82) is 0 Å². The van der Waals surface area contributed by atoms with Crippen LogP contribution in [0.3, 0.4) is 0 Å². The maximum atomic E-state index is 15.1. The number of rotatable bonds is 10. The van der Waals surface area contributed by atoms with Gasteiger partial charge >= 0.3 is 11.8 Å². The van der Waals surface area contributed by atoms with E-state index in [0.29, 0.717) is 46.4 Å². The quantitative estimate of drug-likeness (QED) is 0.226. The fourth-order valence-electron chi connectivity index (χ4n) is 4.72. The number of amides is 2. The molecule has 5 rings (SSSR count). The molecule has 0 aliphatic carbocycles. The monoisotopic (exact) mass is 588 g/mol. The Morgan fingerprint density at radius 1 is 0.907 bits per heavy atom. The second kappa shape index (κ2) is 13.8. The van der Waals surface area contributed by atoms with Gasteiger partial charge in [0.1, 0.15) is 11.5 Å². The van der Waals surface area contributed by atoms with Gasteiger partial charge in [-0.25, -0.2) is 4.39 Å². The highest BCUT2D eigenvalue weighted by atomic mass is 19.1. The van der Waals surface area contributed by atoms with Crippen LogP contribution in [-0.4, -0.2) is 50.7 Å². The molecule has 0 atom stereocenters. The van der Waals surface area contributed by atoms with E-state index < -0.39 is 17.6 Å². The summed E-state index contributed by atoms with van der Waals surface area (Å²) in [6, 6.07) is 16.1. The minimum atomic E-state index is -0.924. The molecule has 3 N–H and O–H groups in total. The van der Waals surface area contributed by atoms with Crippen LogP contribution in [0.15, 0.2) is 66.9 Å². The van der Waals surface area contributed by atoms with Gasteiger partial charge in [0.05, 0.1) is 26.3 Å². The molecule has 1 aliphatic rings. The van der Waals surface area contributed by atoms with E-state index in [0.717, 1.165) is 37.6 Å². The molecule has 0 saturated carbocycles. The molecule has 0 unspecified atom stereocenters. The molecule has 1 aliphatic heterocycles. The largest absolute Gasteiger partial charge is 0.497 e. The number of fused-ring (bicyclic) bond motifs is 1. The number of carbonyl (C=O) groups is 2. The molecule has 0 radical (unpaired) electrons. The first-order chi connectivity index (χ1) is 20.9. The Kier molecular flexibility index (Phi) is 9.52. The molecule has 0 bridgehead atoms. The maximum absolute atomic E-state index is 15.1. The van der Waals surface area contributed by atoms with Crippen LogP contribution < -0.4 is 34.9 Å². The van der Waals surface area contributed by atoms with Gasteiger partial charge in [-0.1, -0.05) is 12.1 Å². The van der Waals surface area contributed by atoms with Crippen molar-refractivity contribution in [3.63, 3.8) is 0 Å². The number of anilines is 1. The Balaban J connectivity index is 1.23. The number of pyridine rings is 1. The number of nitrogens with one attached hydrogen (secondary N) is 3. The molecule has 224 valence electrons. The summed E-state index contributed by atoms with van der Waals surface area (Å²) in [5.74, 6) is 0.0343. The van der Waals surface area contributed by atoms with Gasteiger partial charge < -0.3 is 34.9 Å². The van der Waals surface area contributed by atoms with Gasteiger partial charge in [-0.2, -0.15) is 0 Å². The van der Waals surface area contributed by atoms with E-state index in [4.69, 9.17) is 18.9 Å². The van der Waals surface area contributed by atoms with Crippen molar-refractivity contribution in [2.45, 2.75) is 19.4 Å². The maximum Gasteiger partial charge on any atom is 0.313 e. The standard InChI is InChI=1S/C32H33FN4O6/c1-40-23-6-3-20(4-7-23)18-36-31(38)32(39)37-22-5-8-28(25(33)15-22)43-27-11-14-35-26-17-30(29(41-2)16-24(26)27)42-19-21-9-12-34-13-10-21/h3-8,11,14-17,21,34H,9-10,12-13,18-19H2,1-2H3,(H,36,38)(H,37,39). The van der Waals surface area contributed by atoms with Gasteiger partial charge in [-0.05, 0) is 73.8 Å². The predicted octanol–water partition coefficient (Wildman–Crippen LogP) is 4.82. The van der Waals surface area contributed by atoms with E-state index in [2.05, 4.69) is 20.9 Å². The van der Waals surface area contributed by atoms with Gasteiger partial charge in [0.15, 0.2) is 23.1 Å². The summed E-state index contributed by atoms with van der Waals surface area (Å²) in [6.45, 7) is 2.69. The molecule has 1 saturated heterocycles. The molecule has 1 aromatic heterocycles. The van der Waals surface area contributed by atoms with Crippen molar-refractivity contribution in [3.8, 4) is 28.7 Å². The van der Waals surface area contributed by atoms with Crippen molar-refractivity contribution in [1.82, 2.24) is 15.6 Å². The van der Waals surface area contributed by atoms with E-state index in [1.165, 1.54) is 12.1 Å². The number of hydrogen-bond acceptors (Lipinski definition) is 8. The topological polar surface area (TPSA) is 120 Å². The van der Waals surface area contributed by atoms with Gasteiger partial charge in [0.2, 0.25) is 0 Å². The highest BCUT2D eigenvalue weighted by molar-refractivity contribution is 6.39. The molecule has 10 nitrogen and oxygen atoms in total. The van der Waals surface area contributed by atoms with E-state index in [1.807, 2.05) is 0 Å². The van der Waals surface area contributed by atoms with Crippen LogP contribution in [0.25, 0.3) is 10.9 Å². The Bertz CT molecular complexity index is 1590. The second-order valence-electron chi connectivity index (χ2n) is 10.1. The minimum absolute atomic E-state index is 0.0698. The fourth-order valence-corrected chi connectivity index (χ4v) is 4.72. The molecule has 0 spiro atoms. The predicted molar refractivity (Wildman–Crippen MR) is 159 cm³/mol. The number of aromatic nitrogens is 1. The van der Waals surface area contributed by atoms with Crippen LogP contribution in [0.5, 0.6) is 28.7 Å². The molecular weight excluding hydrogens is 555 g/mol. The van der Waals surface area contributed by atoms with Crippen LogP contribution in [0.1, 0.15) is 18.4 Å². The minimum Gasteiger partial charge on any atom is -0.497 e. The number of nitrogens with zero attached hydrogens (tertiary/aromatic N) is 1. The van der Waals surface area contributed by atoms with Gasteiger partial charge in [0, 0.05) is 35.9 Å². The Hall–Kier alpha value is -4.90. The van der Waals surface area contributed by atoms with E-state index in [9.17, 15) is 9.59 Å². The van der Waals surface area contributed by atoms with Crippen LogP contribution in [-0.2, 0) is 16.1 Å². The van der Waals surface area contributed by atoms with E-state index >= 15 is 4.39 Å². The van der Waals surface area contributed by atoms with Crippen molar-refractivity contribution in [3.05, 3.63) is 78.2 Å². The summed E-state index contributed by atoms with van der Waals surface area (Å²) in [5.41, 5.74) is 1.49. The zero-order valence-corrected chi connectivity index (χ0v) is 23.9. The zero-order valence-electron chi connectivity index (χ0n) is 23.9. The smallest absolute Gasteiger partial charge is 0.313 e. The van der Waals surface area contributed by atoms with Crippen LogP contribution >= 0.6 is 0 Å². The van der Waals surface area contributed by atoms with Gasteiger partial charge in [0.25, 0.3) is 0 Å². The average Bonchev–Trinajstić information content (AvgIpc) is 3.04. The van der Waals surface area contributed by atoms with E-state index in [1.54, 1.807) is 62.9 Å². The third-order valence-corrected chi connectivity index (χ3v) is 7.15. The number of hydrogen-bond donors (Lipinski definition) is 3. The number of benzene rings is 3. The highest BCUT2D eigenvalue weighted by Crippen LogP contribution is 2.38. The SMILES string of the molecule is COc1ccc(CNC(=O)C(=O)Nc2ccc(Oc3ccnc4cc(OCC5CCNCC5)c(OC)cc34)c(F)c2)cc1. The van der Waals surface area contributed by atoms with Gasteiger partial charge in [-0.3, -0.25) is 14.6 Å². The van der Waals surface area contributed by atoms with Crippen molar-refractivity contribution in [2.75, 3.05) is 39.2 Å².